The first-order valence-electron chi connectivity index (χ1n) is 22.8. The SMILES string of the molecule is [2H]C1=C([2H])C([2H])C([2H])c2c1sc1c([2H])c([2H])c([2H])c(-c3nc(-c4cccc(-c5cccc(-c6ccccc6)c5)c4)nc(-c4c([2H])c([2H])c5oc6c([2H])c([2H])c([2H])c([2H])c6c5c4[2H])n3)c21. The molecule has 3 aromatic heterocycles. The van der Waals surface area contributed by atoms with Crippen LogP contribution in [0.3, 0.4) is 0 Å². The van der Waals surface area contributed by atoms with Gasteiger partial charge in [0.1, 0.15) is 11.2 Å². The molecule has 236 valence electrons. The van der Waals surface area contributed by atoms with Crippen molar-refractivity contribution in [1.29, 1.82) is 0 Å². The molecular weight excluding hydrogens is 631 g/mol. The lowest BCUT2D eigenvalue weighted by Gasteiger charge is -2.12. The molecule has 0 saturated carbocycles. The van der Waals surface area contributed by atoms with E-state index < -0.39 is 67.2 Å². The summed E-state index contributed by atoms with van der Waals surface area (Å²) in [5.74, 6) is -0.643. The van der Waals surface area contributed by atoms with Gasteiger partial charge in [0.2, 0.25) is 0 Å². The van der Waals surface area contributed by atoms with Crippen molar-refractivity contribution in [3.8, 4) is 56.4 Å². The third-order valence-corrected chi connectivity index (χ3v) is 9.51. The number of para-hydroxylation sites is 1. The van der Waals surface area contributed by atoms with E-state index in [4.69, 9.17) is 34.4 Å². The van der Waals surface area contributed by atoms with Gasteiger partial charge in [0, 0.05) is 45.2 Å². The Morgan fingerprint density at radius 1 is 0.620 bits per heavy atom. The van der Waals surface area contributed by atoms with Crippen molar-refractivity contribution in [3.63, 3.8) is 0 Å². The van der Waals surface area contributed by atoms with Gasteiger partial charge in [0.25, 0.3) is 0 Å². The fraction of sp³-hybridized carbons (Fsp3) is 0.0444. The van der Waals surface area contributed by atoms with Crippen LogP contribution in [0.25, 0.3) is 94.5 Å². The number of benzene rings is 6. The Labute approximate surface area is 312 Å². The van der Waals surface area contributed by atoms with Crippen LogP contribution >= 0.6 is 11.3 Å². The second kappa shape index (κ2) is 11.8. The largest absolute Gasteiger partial charge is 0.456 e. The molecule has 0 amide bonds. The summed E-state index contributed by atoms with van der Waals surface area (Å²) >= 11 is 0.903. The maximum absolute atomic E-state index is 9.52. The monoisotopic (exact) mass is 673 g/mol. The standard InChI is InChI=1S/C45H29N3OS/c1-2-11-28(12-3-1)29-13-8-14-30(25-29)31-15-9-16-32(26-31)43-46-44(33-23-24-39-37(27-33)34-17-4-6-20-38(34)49-39)48-45(47-43)36-19-10-22-41-42(36)35-18-5-7-21-40(35)50-41/h1-4,6-17,19-27H,5,18H2/i4D,5D,6D,7D,10D,17D,18D,19D,20D,21D,22D,23D,24D,27D. The van der Waals surface area contributed by atoms with Gasteiger partial charge in [-0.3, -0.25) is 0 Å². The highest BCUT2D eigenvalue weighted by Crippen LogP contribution is 2.41. The molecule has 10 rings (SSSR count). The van der Waals surface area contributed by atoms with Crippen LogP contribution < -0.4 is 0 Å². The Hall–Kier alpha value is -6.17. The summed E-state index contributed by atoms with van der Waals surface area (Å²) in [6, 6.07) is 19.0. The van der Waals surface area contributed by atoms with Gasteiger partial charge < -0.3 is 4.42 Å². The number of rotatable bonds is 5. The molecule has 0 N–H and O–H groups in total. The number of hydrogen-bond acceptors (Lipinski definition) is 5. The van der Waals surface area contributed by atoms with Gasteiger partial charge >= 0.3 is 0 Å². The molecule has 3 heterocycles. The Morgan fingerprint density at radius 2 is 1.32 bits per heavy atom. The molecule has 1 aliphatic rings. The van der Waals surface area contributed by atoms with Crippen LogP contribution in [0.2, 0.25) is 0 Å². The first kappa shape index (κ1) is 18.0. The van der Waals surface area contributed by atoms with Crippen LogP contribution in [-0.4, -0.2) is 15.0 Å². The highest BCUT2D eigenvalue weighted by Gasteiger charge is 2.20. The van der Waals surface area contributed by atoms with Gasteiger partial charge in [-0.1, -0.05) is 103 Å². The van der Waals surface area contributed by atoms with Gasteiger partial charge in [-0.2, -0.15) is 0 Å². The van der Waals surface area contributed by atoms with Gasteiger partial charge in [-0.15, -0.1) is 11.3 Å². The van der Waals surface area contributed by atoms with Crippen molar-refractivity contribution in [3.05, 3.63) is 156 Å². The summed E-state index contributed by atoms with van der Waals surface area (Å²) in [4.78, 5) is 14.5. The molecule has 6 aromatic carbocycles. The van der Waals surface area contributed by atoms with Crippen molar-refractivity contribution in [2.45, 2.75) is 12.8 Å². The van der Waals surface area contributed by atoms with Crippen molar-refractivity contribution >= 4 is 49.4 Å². The normalized spacial score (nSPS) is 19.8. The number of hydrogen-bond donors (Lipinski definition) is 0. The molecule has 2 atom stereocenters. The number of nitrogens with zero attached hydrogens (tertiary/aromatic N) is 3. The van der Waals surface area contributed by atoms with E-state index in [2.05, 4.69) is 0 Å². The van der Waals surface area contributed by atoms with E-state index >= 15 is 0 Å². The zero-order valence-electron chi connectivity index (χ0n) is 39.8. The molecule has 0 radical (unpaired) electrons. The average molecular weight is 674 g/mol. The lowest BCUT2D eigenvalue weighted by molar-refractivity contribution is 0.669. The third-order valence-electron chi connectivity index (χ3n) is 8.47. The molecule has 0 aliphatic heterocycles. The van der Waals surface area contributed by atoms with Crippen molar-refractivity contribution < 1.29 is 23.6 Å². The highest BCUT2D eigenvalue weighted by molar-refractivity contribution is 7.20. The van der Waals surface area contributed by atoms with Crippen LogP contribution in [0.4, 0.5) is 0 Å². The first-order valence-corrected chi connectivity index (χ1v) is 16.4. The number of aryl methyl sites for hydroxylation is 1. The van der Waals surface area contributed by atoms with E-state index in [9.17, 15) is 4.11 Å². The zero-order chi connectivity index (χ0) is 45.2. The number of thiophene rings is 1. The van der Waals surface area contributed by atoms with Crippen LogP contribution in [0.5, 0.6) is 0 Å². The van der Waals surface area contributed by atoms with E-state index in [1.54, 1.807) is 12.1 Å². The van der Waals surface area contributed by atoms with Crippen LogP contribution in [-0.2, 0) is 6.40 Å². The number of allylic oxidation sites excluding steroid dienone is 1. The molecule has 2 unspecified atom stereocenters. The summed E-state index contributed by atoms with van der Waals surface area (Å²) in [5.41, 5.74) is 3.03. The Balaban J connectivity index is 1.29. The smallest absolute Gasteiger partial charge is 0.164 e. The lowest BCUT2D eigenvalue weighted by atomic mass is 9.97. The molecular formula is C45H29N3OS. The third kappa shape index (κ3) is 4.94. The molecule has 0 bridgehead atoms. The summed E-state index contributed by atoms with van der Waals surface area (Å²) in [7, 11) is 0. The number of aromatic nitrogens is 3. The van der Waals surface area contributed by atoms with E-state index in [1.165, 1.54) is 0 Å². The van der Waals surface area contributed by atoms with Crippen LogP contribution in [0, 0.1) is 0 Å². The molecule has 0 saturated heterocycles. The first-order chi connectivity index (χ1) is 30.6. The van der Waals surface area contributed by atoms with Crippen LogP contribution in [0.15, 0.2) is 150 Å². The second-order valence-corrected chi connectivity index (χ2v) is 12.5. The summed E-state index contributed by atoms with van der Waals surface area (Å²) in [6.45, 7) is 0. The minimum absolute atomic E-state index is 0.0288. The predicted molar refractivity (Wildman–Crippen MR) is 207 cm³/mol. The van der Waals surface area contributed by atoms with Crippen molar-refractivity contribution in [1.82, 2.24) is 15.0 Å². The van der Waals surface area contributed by atoms with E-state index in [0.717, 1.165) is 33.6 Å². The van der Waals surface area contributed by atoms with Gasteiger partial charge in [-0.25, -0.2) is 15.0 Å². The van der Waals surface area contributed by atoms with Gasteiger partial charge in [-0.05, 0) is 89.0 Å². The molecule has 4 nitrogen and oxygen atoms in total. The van der Waals surface area contributed by atoms with E-state index in [0.29, 0.717) is 5.56 Å². The lowest BCUT2D eigenvalue weighted by Crippen LogP contribution is -2.01. The Morgan fingerprint density at radius 3 is 2.18 bits per heavy atom. The van der Waals surface area contributed by atoms with Crippen LogP contribution in [0.1, 0.15) is 36.0 Å². The number of furan rings is 1. The Kier molecular flexibility index (Phi) is 4.23. The molecule has 0 fully saturated rings. The second-order valence-electron chi connectivity index (χ2n) is 11.5. The van der Waals surface area contributed by atoms with Crippen molar-refractivity contribution in [2.75, 3.05) is 0 Å². The molecule has 5 heteroatoms. The topological polar surface area (TPSA) is 51.8 Å². The fourth-order valence-corrected chi connectivity index (χ4v) is 7.15. The fourth-order valence-electron chi connectivity index (χ4n) is 6.14. The predicted octanol–water partition coefficient (Wildman–Crippen LogP) is 12.3. The molecule has 0 spiro atoms. The Bertz CT molecular complexity index is 3540. The summed E-state index contributed by atoms with van der Waals surface area (Å²) in [6.07, 6.45) is -2.89. The molecule has 1 aliphatic carbocycles. The van der Waals surface area contributed by atoms with Gasteiger partial charge in [0.15, 0.2) is 17.5 Å². The summed E-state index contributed by atoms with van der Waals surface area (Å²) in [5, 5.41) is -0.269. The van der Waals surface area contributed by atoms with Gasteiger partial charge in [0.05, 0.1) is 16.4 Å². The molecule has 9 aromatic rings. The average Bonchev–Trinajstić information content (AvgIpc) is 3.92. The number of fused-ring (bicyclic) bond motifs is 6. The maximum Gasteiger partial charge on any atom is 0.164 e. The minimum Gasteiger partial charge on any atom is -0.456 e. The summed E-state index contributed by atoms with van der Waals surface area (Å²) < 4.78 is 129. The van der Waals surface area contributed by atoms with E-state index in [1.807, 2.05) is 66.7 Å². The minimum atomic E-state index is -1.47. The quantitative estimate of drug-likeness (QED) is 0.182. The zero-order valence-corrected chi connectivity index (χ0v) is 26.6. The van der Waals surface area contributed by atoms with Crippen molar-refractivity contribution in [2.24, 2.45) is 0 Å². The maximum atomic E-state index is 9.52. The molecule has 50 heavy (non-hydrogen) atoms. The van der Waals surface area contributed by atoms with E-state index in [-0.39, 0.29) is 89.2 Å². The highest BCUT2D eigenvalue weighted by atomic mass is 32.1.